The molecule has 0 saturated carbocycles. The number of carboxylic acids is 1. The van der Waals surface area contributed by atoms with E-state index in [1.165, 1.54) is 116 Å². The van der Waals surface area contributed by atoms with Gasteiger partial charge >= 0.3 is 25.7 Å². The number of carboxylic acid groups (broad SMARTS) is 1. The summed E-state index contributed by atoms with van der Waals surface area (Å²) >= 11 is 0. The van der Waals surface area contributed by atoms with Crippen molar-refractivity contribution in [2.24, 2.45) is 5.73 Å². The Balaban J connectivity index is 4.35. The molecule has 0 saturated heterocycles. The zero-order valence-corrected chi connectivity index (χ0v) is 34.5. The second-order valence-electron chi connectivity index (χ2n) is 14.5. The maximum absolute atomic E-state index is 12.6. The summed E-state index contributed by atoms with van der Waals surface area (Å²) in [6, 6.07) is -1.52. The Labute approximate surface area is 322 Å². The molecule has 0 fully saturated rings. The third-order valence-electron chi connectivity index (χ3n) is 9.26. The quantitative estimate of drug-likeness (QED) is 0.0234. The summed E-state index contributed by atoms with van der Waals surface area (Å²) in [7, 11) is -4.71. The first kappa shape index (κ1) is 51.2. The number of phosphoric acid groups is 1. The van der Waals surface area contributed by atoms with Gasteiger partial charge < -0.3 is 25.2 Å². The summed E-state index contributed by atoms with van der Waals surface area (Å²) in [5.74, 6) is -2.37. The molecule has 53 heavy (non-hydrogen) atoms. The second kappa shape index (κ2) is 37.2. The number of carbonyl (C=O) groups is 3. The fraction of sp³-hybridized carbons (Fsp3) is 0.878. The van der Waals surface area contributed by atoms with Crippen LogP contribution >= 0.6 is 7.82 Å². The van der Waals surface area contributed by atoms with E-state index in [-0.39, 0.29) is 19.4 Å². The van der Waals surface area contributed by atoms with Crippen molar-refractivity contribution in [1.29, 1.82) is 0 Å². The molecule has 0 amide bonds. The number of allylic oxidation sites excluding steroid dienone is 2. The first-order valence-electron chi connectivity index (χ1n) is 21.2. The van der Waals surface area contributed by atoms with Gasteiger partial charge in [0.25, 0.3) is 0 Å². The lowest BCUT2D eigenvalue weighted by atomic mass is 10.0. The second-order valence-corrected chi connectivity index (χ2v) is 15.9. The smallest absolute Gasteiger partial charge is 0.472 e. The number of unbranched alkanes of at least 4 members (excludes halogenated alkanes) is 24. The molecule has 0 aliphatic carbocycles. The molecule has 0 rings (SSSR count). The van der Waals surface area contributed by atoms with E-state index in [9.17, 15) is 23.8 Å². The van der Waals surface area contributed by atoms with Gasteiger partial charge in [-0.05, 0) is 38.5 Å². The molecule has 12 heteroatoms. The predicted molar refractivity (Wildman–Crippen MR) is 213 cm³/mol. The average Bonchev–Trinajstić information content (AvgIpc) is 3.13. The van der Waals surface area contributed by atoms with E-state index in [4.69, 9.17) is 24.8 Å². The van der Waals surface area contributed by atoms with Crippen molar-refractivity contribution in [2.75, 3.05) is 19.8 Å². The van der Waals surface area contributed by atoms with Crippen LogP contribution < -0.4 is 5.73 Å². The molecular weight excluding hydrogens is 697 g/mol. The zero-order chi connectivity index (χ0) is 39.3. The first-order chi connectivity index (χ1) is 25.6. The van der Waals surface area contributed by atoms with Gasteiger partial charge in [-0.1, -0.05) is 161 Å². The van der Waals surface area contributed by atoms with Crippen molar-refractivity contribution in [3.8, 4) is 0 Å². The summed E-state index contributed by atoms with van der Waals surface area (Å²) in [5.41, 5.74) is 5.33. The van der Waals surface area contributed by atoms with Gasteiger partial charge in [-0.3, -0.25) is 23.4 Å². The van der Waals surface area contributed by atoms with Crippen LogP contribution in [0.1, 0.15) is 200 Å². The third kappa shape index (κ3) is 36.9. The minimum absolute atomic E-state index is 0.160. The highest BCUT2D eigenvalue weighted by molar-refractivity contribution is 7.47. The standard InChI is InChI=1S/C41H78NO10P/c1-3-5-7-9-11-13-15-17-18-19-20-21-23-25-27-29-31-33-40(44)52-37(35-50-53(47,48)51-36-38(42)41(45)46)34-49-39(43)32-30-28-26-24-22-16-14-12-10-8-6-4-2/h17-18,37-38H,3-16,19-36,42H2,1-2H3,(H,45,46)(H,47,48)/b18-17-. The highest BCUT2D eigenvalue weighted by atomic mass is 31.2. The molecule has 0 spiro atoms. The van der Waals surface area contributed by atoms with Crippen molar-refractivity contribution in [1.82, 2.24) is 0 Å². The van der Waals surface area contributed by atoms with E-state index in [2.05, 4.69) is 30.5 Å². The number of hydrogen-bond donors (Lipinski definition) is 3. The number of carbonyl (C=O) groups excluding carboxylic acids is 2. The number of phosphoric ester groups is 1. The SMILES string of the molecule is CCCCCCCC/C=C\CCCCCCCCCC(=O)OC(COC(=O)CCCCCCCCCCCCCC)COP(=O)(O)OCC(N)C(=O)O. The molecule has 0 aromatic rings. The Morgan fingerprint density at radius 3 is 1.38 bits per heavy atom. The fourth-order valence-electron chi connectivity index (χ4n) is 5.88. The molecule has 0 aromatic carbocycles. The van der Waals surface area contributed by atoms with E-state index >= 15 is 0 Å². The number of hydrogen-bond acceptors (Lipinski definition) is 9. The molecular formula is C41H78NO10P. The molecule has 312 valence electrons. The topological polar surface area (TPSA) is 172 Å². The van der Waals surface area contributed by atoms with Gasteiger partial charge in [0.1, 0.15) is 12.6 Å². The molecule has 3 atom stereocenters. The van der Waals surface area contributed by atoms with Crippen LogP contribution in [0.3, 0.4) is 0 Å². The van der Waals surface area contributed by atoms with E-state index in [0.717, 1.165) is 44.9 Å². The molecule has 0 radical (unpaired) electrons. The van der Waals surface area contributed by atoms with Crippen molar-refractivity contribution in [3.05, 3.63) is 12.2 Å². The summed E-state index contributed by atoms with van der Waals surface area (Å²) in [5, 5.41) is 8.87. The largest absolute Gasteiger partial charge is 0.480 e. The van der Waals surface area contributed by atoms with E-state index in [1.54, 1.807) is 0 Å². The van der Waals surface area contributed by atoms with E-state index in [1.807, 2.05) is 0 Å². The van der Waals surface area contributed by atoms with Crippen LogP contribution in [0.5, 0.6) is 0 Å². The summed E-state index contributed by atoms with van der Waals surface area (Å²) in [6.07, 6.45) is 35.6. The van der Waals surface area contributed by atoms with Crippen molar-refractivity contribution >= 4 is 25.7 Å². The summed E-state index contributed by atoms with van der Waals surface area (Å²) in [4.78, 5) is 45.9. The predicted octanol–water partition coefficient (Wildman–Crippen LogP) is 10.9. The molecule has 0 aliphatic rings. The van der Waals surface area contributed by atoms with Crippen LogP contribution in [0.15, 0.2) is 12.2 Å². The lowest BCUT2D eigenvalue weighted by Gasteiger charge is -2.20. The zero-order valence-electron chi connectivity index (χ0n) is 33.6. The molecule has 0 bridgehead atoms. The minimum atomic E-state index is -4.71. The first-order valence-corrected chi connectivity index (χ1v) is 22.7. The van der Waals surface area contributed by atoms with Crippen LogP contribution in [-0.2, 0) is 37.5 Å². The highest BCUT2D eigenvalue weighted by Gasteiger charge is 2.28. The van der Waals surface area contributed by atoms with E-state index in [0.29, 0.717) is 12.8 Å². The minimum Gasteiger partial charge on any atom is -0.480 e. The molecule has 4 N–H and O–H groups in total. The Hall–Kier alpha value is -1.78. The van der Waals surface area contributed by atoms with Crippen LogP contribution in [0.4, 0.5) is 0 Å². The Morgan fingerprint density at radius 1 is 0.566 bits per heavy atom. The molecule has 3 unspecified atom stereocenters. The Kier molecular flexibility index (Phi) is 35.9. The molecule has 11 nitrogen and oxygen atoms in total. The van der Waals surface area contributed by atoms with Crippen LogP contribution in [0.25, 0.3) is 0 Å². The highest BCUT2D eigenvalue weighted by Crippen LogP contribution is 2.43. The summed E-state index contributed by atoms with van der Waals surface area (Å²) < 4.78 is 32.6. The number of rotatable bonds is 40. The van der Waals surface area contributed by atoms with Crippen LogP contribution in [0.2, 0.25) is 0 Å². The average molecular weight is 776 g/mol. The maximum Gasteiger partial charge on any atom is 0.472 e. The number of ether oxygens (including phenoxy) is 2. The normalized spacial score (nSPS) is 13.9. The summed E-state index contributed by atoms with van der Waals surface area (Å²) in [6.45, 7) is 2.80. The number of aliphatic carboxylic acids is 1. The van der Waals surface area contributed by atoms with Crippen molar-refractivity contribution in [2.45, 2.75) is 212 Å². The number of esters is 2. The third-order valence-corrected chi connectivity index (χ3v) is 10.2. The maximum atomic E-state index is 12.6. The lowest BCUT2D eigenvalue weighted by Crippen LogP contribution is -2.34. The van der Waals surface area contributed by atoms with Gasteiger partial charge in [0, 0.05) is 12.8 Å². The molecule has 0 heterocycles. The molecule has 0 aromatic heterocycles. The van der Waals surface area contributed by atoms with Crippen molar-refractivity contribution < 1.29 is 47.5 Å². The monoisotopic (exact) mass is 776 g/mol. The van der Waals surface area contributed by atoms with Gasteiger partial charge in [0.05, 0.1) is 13.2 Å². The fourth-order valence-corrected chi connectivity index (χ4v) is 6.66. The Bertz CT molecular complexity index is 963. The Morgan fingerprint density at radius 2 is 0.943 bits per heavy atom. The van der Waals surface area contributed by atoms with Gasteiger partial charge in [-0.2, -0.15) is 0 Å². The van der Waals surface area contributed by atoms with Gasteiger partial charge in [-0.15, -0.1) is 0 Å². The van der Waals surface area contributed by atoms with Gasteiger partial charge in [0.15, 0.2) is 6.10 Å². The molecule has 0 aliphatic heterocycles. The lowest BCUT2D eigenvalue weighted by molar-refractivity contribution is -0.161. The van der Waals surface area contributed by atoms with Crippen molar-refractivity contribution in [3.63, 3.8) is 0 Å². The van der Waals surface area contributed by atoms with Crippen LogP contribution in [0, 0.1) is 0 Å². The number of nitrogens with two attached hydrogens (primary N) is 1. The van der Waals surface area contributed by atoms with Gasteiger partial charge in [-0.25, -0.2) is 4.57 Å². The van der Waals surface area contributed by atoms with Crippen LogP contribution in [-0.4, -0.2) is 59.9 Å². The van der Waals surface area contributed by atoms with E-state index < -0.39 is 51.1 Å². The van der Waals surface area contributed by atoms with Gasteiger partial charge in [0.2, 0.25) is 0 Å².